The molecule has 0 saturated heterocycles. The lowest BCUT2D eigenvalue weighted by Gasteiger charge is -2.09. The Morgan fingerprint density at radius 3 is 2.15 bits per heavy atom. The fourth-order valence-corrected chi connectivity index (χ4v) is 3.73. The minimum absolute atomic E-state index is 0.0650. The minimum Gasteiger partial charge on any atom is -0.322 e. The maximum atomic E-state index is 12.3. The maximum Gasteiger partial charge on any atom is 0.255 e. The Hall–Kier alpha value is -2.43. The van der Waals surface area contributed by atoms with Crippen molar-refractivity contribution < 1.29 is 21.6 Å². The number of sulfonamides is 2. The Balaban J connectivity index is 2.14. The summed E-state index contributed by atoms with van der Waals surface area (Å²) in [6, 6.07) is 11.7. The summed E-state index contributed by atoms with van der Waals surface area (Å²) in [6.07, 6.45) is 1.03. The van der Waals surface area contributed by atoms with Gasteiger partial charge in [0.15, 0.2) is 0 Å². The van der Waals surface area contributed by atoms with Gasteiger partial charge in [0.1, 0.15) is 0 Å². The van der Waals surface area contributed by atoms with Gasteiger partial charge in [0.2, 0.25) is 20.0 Å². The molecule has 0 unspecified atom stereocenters. The molecule has 0 spiro atoms. The van der Waals surface area contributed by atoms with Gasteiger partial charge in [-0.05, 0) is 42.5 Å². The zero-order valence-corrected chi connectivity index (χ0v) is 15.8. The van der Waals surface area contributed by atoms with Gasteiger partial charge in [-0.25, -0.2) is 21.6 Å². The lowest BCUT2D eigenvalue weighted by Crippen LogP contribution is -2.23. The number of nitrogens with one attached hydrogen (secondary N) is 3. The quantitative estimate of drug-likeness (QED) is 0.655. The molecule has 0 aliphatic heterocycles. The van der Waals surface area contributed by atoms with Gasteiger partial charge in [0, 0.05) is 17.8 Å². The van der Waals surface area contributed by atoms with Crippen LogP contribution in [0.1, 0.15) is 17.3 Å². The number of hydrogen-bond donors (Lipinski definition) is 3. The summed E-state index contributed by atoms with van der Waals surface area (Å²) in [6.45, 7) is 1.94. The average Bonchev–Trinajstić information content (AvgIpc) is 2.53. The van der Waals surface area contributed by atoms with Crippen LogP contribution in [0.4, 0.5) is 11.4 Å². The van der Waals surface area contributed by atoms with Crippen molar-refractivity contribution in [2.45, 2.75) is 11.8 Å². The summed E-state index contributed by atoms with van der Waals surface area (Å²) >= 11 is 0. The Bertz CT molecular complexity index is 1000. The van der Waals surface area contributed by atoms with Crippen LogP contribution in [0.2, 0.25) is 0 Å². The second-order valence-corrected chi connectivity index (χ2v) is 8.95. The first kappa shape index (κ1) is 19.9. The van der Waals surface area contributed by atoms with E-state index in [9.17, 15) is 21.6 Å². The topological polar surface area (TPSA) is 121 Å². The van der Waals surface area contributed by atoms with Gasteiger partial charge in [-0.2, -0.15) is 0 Å². The van der Waals surface area contributed by atoms with E-state index < -0.39 is 26.0 Å². The number of hydrogen-bond acceptors (Lipinski definition) is 5. The predicted octanol–water partition coefficient (Wildman–Crippen LogP) is 1.61. The molecule has 3 N–H and O–H groups in total. The van der Waals surface area contributed by atoms with Crippen molar-refractivity contribution >= 4 is 37.3 Å². The SMILES string of the molecule is CCNS(=O)(=O)c1ccc(C(=O)Nc2cccc(NS(C)(=O)=O)c2)cc1. The third-order valence-electron chi connectivity index (χ3n) is 3.18. The van der Waals surface area contributed by atoms with Gasteiger partial charge in [-0.15, -0.1) is 0 Å². The predicted molar refractivity (Wildman–Crippen MR) is 100 cm³/mol. The summed E-state index contributed by atoms with van der Waals surface area (Å²) < 4.78 is 51.0. The highest BCUT2D eigenvalue weighted by atomic mass is 32.2. The van der Waals surface area contributed by atoms with Crippen molar-refractivity contribution in [2.24, 2.45) is 0 Å². The summed E-state index contributed by atoms with van der Waals surface area (Å²) in [5.41, 5.74) is 0.979. The number of carbonyl (C=O) groups excluding carboxylic acids is 1. The lowest BCUT2D eigenvalue weighted by molar-refractivity contribution is 0.102. The van der Waals surface area contributed by atoms with Crippen LogP contribution >= 0.6 is 0 Å². The lowest BCUT2D eigenvalue weighted by atomic mass is 10.2. The van der Waals surface area contributed by atoms with E-state index in [0.29, 0.717) is 11.4 Å². The van der Waals surface area contributed by atoms with Crippen molar-refractivity contribution in [1.82, 2.24) is 4.72 Å². The molecule has 10 heteroatoms. The molecule has 26 heavy (non-hydrogen) atoms. The van der Waals surface area contributed by atoms with E-state index in [0.717, 1.165) is 6.26 Å². The highest BCUT2D eigenvalue weighted by Gasteiger charge is 2.14. The van der Waals surface area contributed by atoms with Crippen molar-refractivity contribution in [3.05, 3.63) is 54.1 Å². The fourth-order valence-electron chi connectivity index (χ4n) is 2.14. The Labute approximate surface area is 152 Å². The molecule has 0 bridgehead atoms. The molecule has 140 valence electrons. The monoisotopic (exact) mass is 397 g/mol. The molecule has 0 saturated carbocycles. The number of anilines is 2. The van der Waals surface area contributed by atoms with Crippen LogP contribution in [0, 0.1) is 0 Å². The average molecular weight is 397 g/mol. The second-order valence-electron chi connectivity index (χ2n) is 5.43. The molecule has 0 fully saturated rings. The highest BCUT2D eigenvalue weighted by Crippen LogP contribution is 2.17. The molecule has 0 heterocycles. The molecule has 0 aliphatic carbocycles. The van der Waals surface area contributed by atoms with E-state index in [-0.39, 0.29) is 17.0 Å². The fraction of sp³-hybridized carbons (Fsp3) is 0.188. The summed E-state index contributed by atoms with van der Waals surface area (Å²) in [4.78, 5) is 12.3. The third-order valence-corrected chi connectivity index (χ3v) is 5.35. The zero-order chi connectivity index (χ0) is 19.4. The molecule has 2 aromatic carbocycles. The van der Waals surface area contributed by atoms with Crippen LogP contribution in [0.25, 0.3) is 0 Å². The molecular weight excluding hydrogens is 378 g/mol. The van der Waals surface area contributed by atoms with Crippen LogP contribution in [-0.2, 0) is 20.0 Å². The number of benzene rings is 2. The van der Waals surface area contributed by atoms with Crippen molar-refractivity contribution in [3.8, 4) is 0 Å². The normalized spacial score (nSPS) is 11.8. The Morgan fingerprint density at radius 2 is 1.58 bits per heavy atom. The van der Waals surface area contributed by atoms with E-state index in [1.165, 1.54) is 30.3 Å². The second kappa shape index (κ2) is 7.85. The third kappa shape index (κ3) is 5.55. The van der Waals surface area contributed by atoms with Crippen molar-refractivity contribution in [3.63, 3.8) is 0 Å². The summed E-state index contributed by atoms with van der Waals surface area (Å²) in [7, 11) is -7.01. The number of carbonyl (C=O) groups is 1. The first-order valence-corrected chi connectivity index (χ1v) is 11.0. The van der Waals surface area contributed by atoms with Gasteiger partial charge in [0.05, 0.1) is 16.8 Å². The maximum absolute atomic E-state index is 12.3. The molecular formula is C16H19N3O5S2. The van der Waals surface area contributed by atoms with Crippen LogP contribution in [0.5, 0.6) is 0 Å². The Morgan fingerprint density at radius 1 is 0.962 bits per heavy atom. The Kier molecular flexibility index (Phi) is 6.01. The molecule has 2 rings (SSSR count). The van der Waals surface area contributed by atoms with Gasteiger partial charge in [-0.1, -0.05) is 13.0 Å². The molecule has 0 radical (unpaired) electrons. The minimum atomic E-state index is -3.58. The molecule has 8 nitrogen and oxygen atoms in total. The van der Waals surface area contributed by atoms with Crippen LogP contribution in [0.15, 0.2) is 53.4 Å². The molecule has 1 amide bonds. The van der Waals surface area contributed by atoms with Gasteiger partial charge in [-0.3, -0.25) is 9.52 Å². The van der Waals surface area contributed by atoms with Gasteiger partial charge in [0.25, 0.3) is 5.91 Å². The van der Waals surface area contributed by atoms with Crippen LogP contribution in [-0.4, -0.2) is 35.5 Å². The van der Waals surface area contributed by atoms with Crippen LogP contribution < -0.4 is 14.8 Å². The summed E-state index contributed by atoms with van der Waals surface area (Å²) in [5, 5.41) is 2.63. The zero-order valence-electron chi connectivity index (χ0n) is 14.2. The highest BCUT2D eigenvalue weighted by molar-refractivity contribution is 7.92. The van der Waals surface area contributed by atoms with E-state index in [4.69, 9.17) is 0 Å². The largest absolute Gasteiger partial charge is 0.322 e. The van der Waals surface area contributed by atoms with Gasteiger partial charge < -0.3 is 5.32 Å². The summed E-state index contributed by atoms with van der Waals surface area (Å²) in [5.74, 6) is -0.450. The molecule has 0 aliphatic rings. The molecule has 0 aromatic heterocycles. The van der Waals surface area contributed by atoms with E-state index in [1.807, 2.05) is 0 Å². The standard InChI is InChI=1S/C16H19N3O5S2/c1-3-17-26(23,24)15-9-7-12(8-10-15)16(20)18-13-5-4-6-14(11-13)19-25(2,21)22/h4-11,17,19H,3H2,1-2H3,(H,18,20). The van der Waals surface area contributed by atoms with Crippen molar-refractivity contribution in [2.75, 3.05) is 22.8 Å². The molecule has 0 atom stereocenters. The number of amides is 1. The van der Waals surface area contributed by atoms with E-state index in [1.54, 1.807) is 25.1 Å². The first-order valence-electron chi connectivity index (χ1n) is 7.59. The van der Waals surface area contributed by atoms with Crippen molar-refractivity contribution in [1.29, 1.82) is 0 Å². The number of rotatable bonds is 7. The van der Waals surface area contributed by atoms with E-state index in [2.05, 4.69) is 14.8 Å². The first-order chi connectivity index (χ1) is 12.1. The van der Waals surface area contributed by atoms with Crippen LogP contribution in [0.3, 0.4) is 0 Å². The van der Waals surface area contributed by atoms with E-state index >= 15 is 0 Å². The molecule has 2 aromatic rings. The smallest absolute Gasteiger partial charge is 0.255 e. The van der Waals surface area contributed by atoms with Gasteiger partial charge >= 0.3 is 0 Å².